The molecule has 1 aliphatic heterocycles. The topological polar surface area (TPSA) is 12.5 Å². The zero-order chi connectivity index (χ0) is 14.8. The van der Waals surface area contributed by atoms with Gasteiger partial charge in [-0.3, -0.25) is 0 Å². The lowest BCUT2D eigenvalue weighted by Crippen LogP contribution is -2.32. The normalized spacial score (nSPS) is 18.4. The Morgan fingerprint density at radius 3 is 2.43 bits per heavy atom. The van der Waals surface area contributed by atoms with Gasteiger partial charge >= 0.3 is 0 Å². The molecular formula is C18H21NOS. The number of likely N-dealkylation sites (N-methyl/N-ethyl adjacent to an activating group) is 1. The molecule has 2 atom stereocenters. The van der Waals surface area contributed by atoms with Gasteiger partial charge in [0.05, 0.1) is 10.1 Å². The van der Waals surface area contributed by atoms with Crippen LogP contribution in [0.4, 0.5) is 0 Å². The van der Waals surface area contributed by atoms with Crippen molar-refractivity contribution in [1.29, 1.82) is 0 Å². The van der Waals surface area contributed by atoms with E-state index in [4.69, 9.17) is 4.74 Å². The molecule has 2 aromatic carbocycles. The second kappa shape index (κ2) is 6.12. The zero-order valence-corrected chi connectivity index (χ0v) is 13.6. The van der Waals surface area contributed by atoms with Crippen LogP contribution >= 0.6 is 11.8 Å². The Balaban J connectivity index is 2.10. The first kappa shape index (κ1) is 14.5. The first-order valence-corrected chi connectivity index (χ1v) is 8.27. The molecule has 0 saturated heterocycles. The molecule has 3 heteroatoms. The molecule has 1 aliphatic rings. The third-order valence-electron chi connectivity index (χ3n) is 3.98. The number of ether oxygens (including phenoxy) is 1. The summed E-state index contributed by atoms with van der Waals surface area (Å²) in [4.78, 5) is 3.54. The van der Waals surface area contributed by atoms with Gasteiger partial charge in [-0.05, 0) is 38.7 Å². The van der Waals surface area contributed by atoms with Gasteiger partial charge in [-0.2, -0.15) is 0 Å². The molecule has 2 nitrogen and oxygen atoms in total. The van der Waals surface area contributed by atoms with Gasteiger partial charge in [0.15, 0.2) is 0 Å². The predicted octanol–water partition coefficient (Wildman–Crippen LogP) is 4.97. The number of thioether (sulfide) groups is 1. The highest BCUT2D eigenvalue weighted by Gasteiger charge is 2.30. The van der Waals surface area contributed by atoms with Crippen molar-refractivity contribution >= 4 is 11.8 Å². The number of fused-ring (bicyclic) bond motifs is 2. The van der Waals surface area contributed by atoms with Crippen LogP contribution in [0.3, 0.4) is 0 Å². The largest absolute Gasteiger partial charge is 0.456 e. The van der Waals surface area contributed by atoms with E-state index in [2.05, 4.69) is 62.3 Å². The van der Waals surface area contributed by atoms with Crippen LogP contribution in [0, 0.1) is 0 Å². The maximum absolute atomic E-state index is 6.17. The lowest BCUT2D eigenvalue weighted by Gasteiger charge is -2.31. The molecule has 0 fully saturated rings. The Bertz CT molecular complexity index is 626. The SMILES string of the molecule is CCC(C1Sc2ccccc2Oc2ccccc21)N(C)C. The van der Waals surface area contributed by atoms with Crippen molar-refractivity contribution in [3.05, 3.63) is 54.1 Å². The third-order valence-corrected chi connectivity index (χ3v) is 5.39. The highest BCUT2D eigenvalue weighted by Crippen LogP contribution is 2.50. The third kappa shape index (κ3) is 2.81. The van der Waals surface area contributed by atoms with Gasteiger partial charge in [0.1, 0.15) is 11.5 Å². The number of rotatable bonds is 3. The van der Waals surface area contributed by atoms with Gasteiger partial charge in [0.25, 0.3) is 0 Å². The summed E-state index contributed by atoms with van der Waals surface area (Å²) in [6.45, 7) is 2.26. The minimum absolute atomic E-state index is 0.379. The Morgan fingerprint density at radius 1 is 1.05 bits per heavy atom. The van der Waals surface area contributed by atoms with E-state index in [1.54, 1.807) is 0 Å². The summed E-state index contributed by atoms with van der Waals surface area (Å²) in [6.07, 6.45) is 1.11. The van der Waals surface area contributed by atoms with Crippen LogP contribution in [0.1, 0.15) is 24.2 Å². The molecule has 21 heavy (non-hydrogen) atoms. The summed E-state index contributed by atoms with van der Waals surface area (Å²) in [5.41, 5.74) is 1.29. The molecule has 0 aromatic heterocycles. The smallest absolute Gasteiger partial charge is 0.141 e. The van der Waals surface area contributed by atoms with Gasteiger partial charge in [-0.1, -0.05) is 37.3 Å². The quantitative estimate of drug-likeness (QED) is 0.794. The fourth-order valence-electron chi connectivity index (χ4n) is 2.89. The zero-order valence-electron chi connectivity index (χ0n) is 12.7. The molecule has 2 aromatic rings. The lowest BCUT2D eigenvalue weighted by atomic mass is 10.0. The van der Waals surface area contributed by atoms with Crippen molar-refractivity contribution in [3.63, 3.8) is 0 Å². The van der Waals surface area contributed by atoms with Gasteiger partial charge < -0.3 is 9.64 Å². The van der Waals surface area contributed by atoms with E-state index in [0.29, 0.717) is 11.3 Å². The summed E-state index contributed by atoms with van der Waals surface area (Å²) in [6, 6.07) is 17.2. The summed E-state index contributed by atoms with van der Waals surface area (Å²) in [5.74, 6) is 1.95. The lowest BCUT2D eigenvalue weighted by molar-refractivity contribution is 0.279. The van der Waals surface area contributed by atoms with Crippen molar-refractivity contribution in [2.75, 3.05) is 14.1 Å². The molecule has 0 amide bonds. The number of nitrogens with zero attached hydrogens (tertiary/aromatic N) is 1. The Kier molecular flexibility index (Phi) is 4.22. The highest BCUT2D eigenvalue weighted by molar-refractivity contribution is 7.99. The number of hydrogen-bond donors (Lipinski definition) is 0. The van der Waals surface area contributed by atoms with E-state index in [0.717, 1.165) is 17.9 Å². The molecule has 0 N–H and O–H groups in total. The monoisotopic (exact) mass is 299 g/mol. The van der Waals surface area contributed by atoms with Crippen LogP contribution in [0.15, 0.2) is 53.4 Å². The van der Waals surface area contributed by atoms with Crippen LogP contribution in [-0.2, 0) is 0 Å². The fraction of sp³-hybridized carbons (Fsp3) is 0.333. The Hall–Kier alpha value is -1.45. The molecule has 110 valence electrons. The molecule has 0 bridgehead atoms. The maximum Gasteiger partial charge on any atom is 0.141 e. The van der Waals surface area contributed by atoms with E-state index in [9.17, 15) is 0 Å². The van der Waals surface area contributed by atoms with E-state index in [1.807, 2.05) is 23.9 Å². The van der Waals surface area contributed by atoms with Crippen molar-refractivity contribution in [2.24, 2.45) is 0 Å². The van der Waals surface area contributed by atoms with Gasteiger partial charge in [0, 0.05) is 11.6 Å². The number of hydrogen-bond acceptors (Lipinski definition) is 3. The average Bonchev–Trinajstić information content (AvgIpc) is 2.64. The van der Waals surface area contributed by atoms with E-state index < -0.39 is 0 Å². The van der Waals surface area contributed by atoms with E-state index in [1.165, 1.54) is 10.5 Å². The van der Waals surface area contributed by atoms with Crippen LogP contribution in [0.25, 0.3) is 0 Å². The van der Waals surface area contributed by atoms with Gasteiger partial charge in [-0.15, -0.1) is 11.8 Å². The summed E-state index contributed by atoms with van der Waals surface area (Å²) < 4.78 is 6.17. The molecule has 0 saturated carbocycles. The number of para-hydroxylation sites is 2. The van der Waals surface area contributed by atoms with E-state index in [-0.39, 0.29) is 0 Å². The summed E-state index contributed by atoms with van der Waals surface area (Å²) in [5, 5.41) is 0.379. The molecule has 1 heterocycles. The molecular weight excluding hydrogens is 278 g/mol. The molecule has 0 spiro atoms. The first-order valence-electron chi connectivity index (χ1n) is 7.39. The van der Waals surface area contributed by atoms with Gasteiger partial charge in [-0.25, -0.2) is 0 Å². The minimum atomic E-state index is 0.379. The van der Waals surface area contributed by atoms with Gasteiger partial charge in [0.2, 0.25) is 0 Å². The van der Waals surface area contributed by atoms with Crippen molar-refractivity contribution in [3.8, 4) is 11.5 Å². The van der Waals surface area contributed by atoms with Crippen molar-refractivity contribution in [1.82, 2.24) is 4.90 Å². The number of benzene rings is 2. The van der Waals surface area contributed by atoms with Crippen molar-refractivity contribution in [2.45, 2.75) is 29.5 Å². The predicted molar refractivity (Wildman–Crippen MR) is 89.3 cm³/mol. The molecule has 2 unspecified atom stereocenters. The maximum atomic E-state index is 6.17. The molecule has 3 rings (SSSR count). The van der Waals surface area contributed by atoms with Crippen LogP contribution in [0.2, 0.25) is 0 Å². The average molecular weight is 299 g/mol. The van der Waals surface area contributed by atoms with Crippen molar-refractivity contribution < 1.29 is 4.74 Å². The molecule has 0 radical (unpaired) electrons. The second-order valence-corrected chi connectivity index (χ2v) is 6.75. The first-order chi connectivity index (χ1) is 10.2. The Labute approximate surface area is 131 Å². The summed E-state index contributed by atoms with van der Waals surface area (Å²) in [7, 11) is 4.32. The highest BCUT2D eigenvalue weighted by atomic mass is 32.2. The molecule has 0 aliphatic carbocycles. The minimum Gasteiger partial charge on any atom is -0.456 e. The second-order valence-electron chi connectivity index (χ2n) is 5.56. The van der Waals surface area contributed by atoms with Crippen LogP contribution < -0.4 is 4.74 Å². The van der Waals surface area contributed by atoms with E-state index >= 15 is 0 Å². The van der Waals surface area contributed by atoms with Crippen LogP contribution in [0.5, 0.6) is 11.5 Å². The summed E-state index contributed by atoms with van der Waals surface area (Å²) >= 11 is 1.91. The standard InChI is InChI=1S/C18H21NOS/c1-4-14(19(2)3)18-13-9-5-6-10-15(13)20-16-11-7-8-12-17(16)21-18/h5-12,14,18H,4H2,1-3H3. The fourth-order valence-corrected chi connectivity index (χ4v) is 4.47. The Morgan fingerprint density at radius 2 is 1.71 bits per heavy atom. The van der Waals surface area contributed by atoms with Crippen LogP contribution in [-0.4, -0.2) is 25.0 Å².